The molecular formula is C7H10N2O2. The van der Waals surface area contributed by atoms with Gasteiger partial charge in [0.2, 0.25) is 0 Å². The molecule has 4 heteroatoms. The molecule has 1 aliphatic heterocycles. The highest BCUT2D eigenvalue weighted by Gasteiger charge is 2.35. The molecule has 1 aromatic rings. The van der Waals surface area contributed by atoms with Crippen LogP contribution in [0.25, 0.3) is 0 Å². The first-order valence-electron chi connectivity index (χ1n) is 3.53. The molecule has 0 radical (unpaired) electrons. The zero-order chi connectivity index (χ0) is 7.68. The predicted molar refractivity (Wildman–Crippen MR) is 38.7 cm³/mol. The van der Waals surface area contributed by atoms with E-state index in [1.54, 1.807) is 4.73 Å². The molecule has 2 heterocycles. The summed E-state index contributed by atoms with van der Waals surface area (Å²) in [5.74, 6) is 0. The van der Waals surface area contributed by atoms with Gasteiger partial charge < -0.3 is 15.3 Å². The lowest BCUT2D eigenvalue weighted by atomic mass is 10.5. The molecular weight excluding hydrogens is 144 g/mol. The van der Waals surface area contributed by atoms with Gasteiger partial charge in [0.1, 0.15) is 18.9 Å². The highest BCUT2D eigenvalue weighted by atomic mass is 16.7. The normalized spacial score (nSPS) is 28.5. The Morgan fingerprint density at radius 3 is 2.64 bits per heavy atom. The van der Waals surface area contributed by atoms with Crippen molar-refractivity contribution in [3.63, 3.8) is 0 Å². The molecule has 2 atom stereocenters. The molecule has 0 aromatic carbocycles. The molecule has 0 saturated carbocycles. The monoisotopic (exact) mass is 154 g/mol. The summed E-state index contributed by atoms with van der Waals surface area (Å²) in [7, 11) is 0. The first kappa shape index (κ1) is 6.69. The lowest BCUT2D eigenvalue weighted by Crippen LogP contribution is -2.18. The maximum atomic E-state index is 5.39. The summed E-state index contributed by atoms with van der Waals surface area (Å²) < 4.78 is 6.59. The van der Waals surface area contributed by atoms with E-state index in [9.17, 15) is 0 Å². The fourth-order valence-electron chi connectivity index (χ4n) is 0.855. The maximum absolute atomic E-state index is 5.39. The number of ether oxygens (including phenoxy) is 1. The number of epoxide rings is 1. The third kappa shape index (κ3) is 1.53. The molecule has 0 spiro atoms. The van der Waals surface area contributed by atoms with E-state index in [0.717, 1.165) is 0 Å². The van der Waals surface area contributed by atoms with Gasteiger partial charge >= 0.3 is 0 Å². The Kier molecular flexibility index (Phi) is 1.56. The van der Waals surface area contributed by atoms with Gasteiger partial charge in [-0.1, -0.05) is 0 Å². The quantitative estimate of drug-likeness (QED) is 0.603. The summed E-state index contributed by atoms with van der Waals surface area (Å²) in [6, 6.07) is 3.79. The Labute approximate surface area is 64.5 Å². The molecule has 0 amide bonds. The average Bonchev–Trinajstić information content (AvgIpc) is 2.55. The van der Waals surface area contributed by atoms with Gasteiger partial charge in [-0.2, -0.15) is 4.73 Å². The van der Waals surface area contributed by atoms with Crippen LogP contribution in [-0.4, -0.2) is 23.7 Å². The largest absolute Gasteiger partial charge is 0.412 e. The molecule has 0 aliphatic carbocycles. The van der Waals surface area contributed by atoms with Crippen molar-refractivity contribution in [1.82, 2.24) is 4.73 Å². The lowest BCUT2D eigenvalue weighted by molar-refractivity contribution is 0.0961. The van der Waals surface area contributed by atoms with Gasteiger partial charge in [0, 0.05) is 12.4 Å². The van der Waals surface area contributed by atoms with E-state index in [2.05, 4.69) is 0 Å². The van der Waals surface area contributed by atoms with E-state index < -0.39 is 0 Å². The Hall–Kier alpha value is -1.00. The highest BCUT2D eigenvalue weighted by molar-refractivity contribution is 4.88. The van der Waals surface area contributed by atoms with Crippen molar-refractivity contribution in [2.24, 2.45) is 5.73 Å². The zero-order valence-corrected chi connectivity index (χ0v) is 6.01. The number of hydrogen-bond donors (Lipinski definition) is 1. The first-order valence-corrected chi connectivity index (χ1v) is 3.53. The van der Waals surface area contributed by atoms with Gasteiger partial charge in [0.05, 0.1) is 0 Å². The van der Waals surface area contributed by atoms with Crippen LogP contribution in [0.3, 0.4) is 0 Å². The average molecular weight is 154 g/mol. The lowest BCUT2D eigenvalue weighted by Gasteiger charge is -2.02. The molecule has 1 aliphatic rings. The van der Waals surface area contributed by atoms with Gasteiger partial charge in [-0.3, -0.25) is 0 Å². The minimum absolute atomic E-state index is 0.0809. The van der Waals surface area contributed by atoms with Crippen LogP contribution < -0.4 is 10.6 Å². The summed E-state index contributed by atoms with van der Waals surface area (Å²) >= 11 is 0. The highest BCUT2D eigenvalue weighted by Crippen LogP contribution is 2.14. The molecule has 1 aromatic heterocycles. The van der Waals surface area contributed by atoms with Crippen molar-refractivity contribution in [2.75, 3.05) is 6.61 Å². The Bertz CT molecular complexity index is 222. The van der Waals surface area contributed by atoms with Gasteiger partial charge in [-0.15, -0.1) is 0 Å². The van der Waals surface area contributed by atoms with Crippen LogP contribution in [0.15, 0.2) is 24.5 Å². The van der Waals surface area contributed by atoms with Crippen molar-refractivity contribution < 1.29 is 9.57 Å². The maximum Gasteiger partial charge on any atom is 0.145 e. The van der Waals surface area contributed by atoms with Crippen LogP contribution in [0.5, 0.6) is 0 Å². The van der Waals surface area contributed by atoms with Crippen molar-refractivity contribution in [1.29, 1.82) is 0 Å². The molecule has 2 N–H and O–H groups in total. The third-order valence-electron chi connectivity index (χ3n) is 1.59. The van der Waals surface area contributed by atoms with E-state index in [0.29, 0.717) is 6.61 Å². The van der Waals surface area contributed by atoms with Gasteiger partial charge in [0.25, 0.3) is 0 Å². The fourth-order valence-corrected chi connectivity index (χ4v) is 0.855. The second-order valence-corrected chi connectivity index (χ2v) is 2.48. The minimum Gasteiger partial charge on any atom is -0.412 e. The summed E-state index contributed by atoms with van der Waals surface area (Å²) in [6.07, 6.45) is 3.62. The van der Waals surface area contributed by atoms with E-state index in [4.69, 9.17) is 15.3 Å². The van der Waals surface area contributed by atoms with Crippen molar-refractivity contribution in [2.45, 2.75) is 12.3 Å². The van der Waals surface area contributed by atoms with E-state index in [1.807, 2.05) is 24.5 Å². The number of nitrogens with zero attached hydrogens (tertiary/aromatic N) is 1. The molecule has 0 bridgehead atoms. The van der Waals surface area contributed by atoms with Crippen LogP contribution in [-0.2, 0) is 4.74 Å². The van der Waals surface area contributed by atoms with Crippen molar-refractivity contribution in [3.05, 3.63) is 24.5 Å². The summed E-state index contributed by atoms with van der Waals surface area (Å²) in [5.41, 5.74) is 5.39. The molecule has 11 heavy (non-hydrogen) atoms. The van der Waals surface area contributed by atoms with Crippen molar-refractivity contribution >= 4 is 0 Å². The molecule has 2 rings (SSSR count). The third-order valence-corrected chi connectivity index (χ3v) is 1.59. The summed E-state index contributed by atoms with van der Waals surface area (Å²) in [6.45, 7) is 0.524. The smallest absolute Gasteiger partial charge is 0.145 e. The van der Waals surface area contributed by atoms with Gasteiger partial charge in [0.15, 0.2) is 0 Å². The van der Waals surface area contributed by atoms with E-state index in [1.165, 1.54) is 0 Å². The number of nitrogens with two attached hydrogens (primary N) is 1. The predicted octanol–water partition coefficient (Wildman–Crippen LogP) is -0.400. The van der Waals surface area contributed by atoms with Crippen LogP contribution in [0.4, 0.5) is 0 Å². The Morgan fingerprint density at radius 1 is 1.45 bits per heavy atom. The SMILES string of the molecule is NC1OC1COn1cccc1. The second kappa shape index (κ2) is 2.56. The summed E-state index contributed by atoms with van der Waals surface area (Å²) in [5, 5.41) is 0. The molecule has 1 saturated heterocycles. The second-order valence-electron chi connectivity index (χ2n) is 2.48. The number of aromatic nitrogens is 1. The fraction of sp³-hybridized carbons (Fsp3) is 0.429. The first-order chi connectivity index (χ1) is 5.36. The topological polar surface area (TPSA) is 52.7 Å². The summed E-state index contributed by atoms with van der Waals surface area (Å²) in [4.78, 5) is 5.25. The van der Waals surface area contributed by atoms with Gasteiger partial charge in [-0.25, -0.2) is 0 Å². The molecule has 2 unspecified atom stereocenters. The van der Waals surface area contributed by atoms with Crippen LogP contribution in [0, 0.1) is 0 Å². The van der Waals surface area contributed by atoms with Crippen molar-refractivity contribution in [3.8, 4) is 0 Å². The molecule has 60 valence electrons. The number of rotatable bonds is 3. The Balaban J connectivity index is 1.75. The molecule has 1 fully saturated rings. The van der Waals surface area contributed by atoms with E-state index >= 15 is 0 Å². The van der Waals surface area contributed by atoms with Gasteiger partial charge in [-0.05, 0) is 12.1 Å². The van der Waals surface area contributed by atoms with Crippen LogP contribution >= 0.6 is 0 Å². The van der Waals surface area contributed by atoms with E-state index in [-0.39, 0.29) is 12.3 Å². The minimum atomic E-state index is -0.120. The molecule has 4 nitrogen and oxygen atoms in total. The number of hydrogen-bond acceptors (Lipinski definition) is 3. The zero-order valence-electron chi connectivity index (χ0n) is 6.01. The standard InChI is InChI=1S/C7H10N2O2/c8-7-6(11-7)5-10-9-3-1-2-4-9/h1-4,6-7H,5,8H2. The Morgan fingerprint density at radius 2 is 2.09 bits per heavy atom. The van der Waals surface area contributed by atoms with Crippen LogP contribution in [0.2, 0.25) is 0 Å². The van der Waals surface area contributed by atoms with Crippen LogP contribution in [0.1, 0.15) is 0 Å².